The Morgan fingerprint density at radius 1 is 0.842 bits per heavy atom. The van der Waals surface area contributed by atoms with Gasteiger partial charge in [-0.1, -0.05) is 30.3 Å². The van der Waals surface area contributed by atoms with Gasteiger partial charge in [-0.3, -0.25) is 0 Å². The van der Waals surface area contributed by atoms with Crippen molar-refractivity contribution in [2.45, 2.75) is 26.9 Å². The van der Waals surface area contributed by atoms with Crippen molar-refractivity contribution in [2.24, 2.45) is 0 Å². The summed E-state index contributed by atoms with van der Waals surface area (Å²) in [5.74, 6) is -1.88. The van der Waals surface area contributed by atoms with Gasteiger partial charge in [0.1, 0.15) is 6.10 Å². The molecule has 2 aromatic carbocycles. The summed E-state index contributed by atoms with van der Waals surface area (Å²) in [6, 6.07) is 8.46. The highest BCUT2D eigenvalue weighted by Crippen LogP contribution is 2.30. The lowest BCUT2D eigenvalue weighted by Gasteiger charge is -2.18. The molecule has 1 unspecified atom stereocenters. The van der Waals surface area contributed by atoms with E-state index in [1.165, 1.54) is 19.1 Å². The van der Waals surface area contributed by atoms with Crippen molar-refractivity contribution in [1.29, 1.82) is 0 Å². The second-order valence-electron chi connectivity index (χ2n) is 4.81. The molecule has 0 spiro atoms. The molecule has 1 atom stereocenters. The van der Waals surface area contributed by atoms with E-state index in [4.69, 9.17) is 0 Å². The summed E-state index contributed by atoms with van der Waals surface area (Å²) in [6.07, 6.45) is -1.16. The molecule has 0 aliphatic rings. The third-order valence-corrected chi connectivity index (χ3v) is 3.42. The molecule has 0 radical (unpaired) electrons. The molecule has 19 heavy (non-hydrogen) atoms. The van der Waals surface area contributed by atoms with Crippen LogP contribution in [0.2, 0.25) is 0 Å². The summed E-state index contributed by atoms with van der Waals surface area (Å²) >= 11 is 0. The number of hydrogen-bond donors (Lipinski definition) is 1. The summed E-state index contributed by atoms with van der Waals surface area (Å²) in [4.78, 5) is 0. The first kappa shape index (κ1) is 13.7. The number of aliphatic hydroxyl groups excluding tert-OH is 1. The molecule has 0 aromatic heterocycles. The lowest BCUT2D eigenvalue weighted by Crippen LogP contribution is -2.08. The van der Waals surface area contributed by atoms with Gasteiger partial charge in [-0.05, 0) is 43.0 Å². The van der Waals surface area contributed by atoms with Gasteiger partial charge in [0, 0.05) is 5.56 Å². The second-order valence-corrected chi connectivity index (χ2v) is 4.81. The maximum atomic E-state index is 13.9. The van der Waals surface area contributed by atoms with Gasteiger partial charge >= 0.3 is 0 Å². The lowest BCUT2D eigenvalue weighted by molar-refractivity contribution is 0.211. The highest BCUT2D eigenvalue weighted by molar-refractivity contribution is 5.41. The average Bonchev–Trinajstić information content (AvgIpc) is 2.35. The number of aryl methyl sites for hydroxylation is 3. The minimum Gasteiger partial charge on any atom is -0.384 e. The standard InChI is InChI=1S/C16H16F2O/c1-9-5-4-6-10(2)13(9)16(19)12-8-7-11(3)14(17)15(12)18/h4-8,16,19H,1-3H3. The first-order chi connectivity index (χ1) is 8.93. The minimum absolute atomic E-state index is 0.0273. The zero-order valence-electron chi connectivity index (χ0n) is 11.2. The monoisotopic (exact) mass is 262 g/mol. The summed E-state index contributed by atoms with van der Waals surface area (Å²) in [6.45, 7) is 5.18. The van der Waals surface area contributed by atoms with Gasteiger partial charge in [0.25, 0.3) is 0 Å². The normalized spacial score (nSPS) is 12.5. The van der Waals surface area contributed by atoms with Crippen molar-refractivity contribution < 1.29 is 13.9 Å². The van der Waals surface area contributed by atoms with E-state index in [2.05, 4.69) is 0 Å². The zero-order valence-corrected chi connectivity index (χ0v) is 11.2. The Morgan fingerprint density at radius 3 is 2.00 bits per heavy atom. The quantitative estimate of drug-likeness (QED) is 0.868. The molecule has 0 bridgehead atoms. The van der Waals surface area contributed by atoms with E-state index < -0.39 is 17.7 Å². The van der Waals surface area contributed by atoms with Gasteiger partial charge in [0.15, 0.2) is 11.6 Å². The van der Waals surface area contributed by atoms with Gasteiger partial charge in [-0.25, -0.2) is 8.78 Å². The van der Waals surface area contributed by atoms with Crippen LogP contribution in [0, 0.1) is 32.4 Å². The molecule has 0 fully saturated rings. The maximum Gasteiger partial charge on any atom is 0.165 e. The molecule has 3 heteroatoms. The van der Waals surface area contributed by atoms with Crippen molar-refractivity contribution in [2.75, 3.05) is 0 Å². The predicted octanol–water partition coefficient (Wildman–Crippen LogP) is 3.97. The predicted molar refractivity (Wildman–Crippen MR) is 71.1 cm³/mol. The number of aliphatic hydroxyl groups is 1. The molecule has 0 heterocycles. The molecule has 0 amide bonds. The number of rotatable bonds is 2. The van der Waals surface area contributed by atoms with E-state index in [9.17, 15) is 13.9 Å². The number of halogens is 2. The van der Waals surface area contributed by atoms with Gasteiger partial charge in [-0.2, -0.15) is 0 Å². The molecule has 2 rings (SSSR count). The van der Waals surface area contributed by atoms with Crippen molar-refractivity contribution in [1.82, 2.24) is 0 Å². The molecule has 0 saturated heterocycles. The summed E-state index contributed by atoms with van der Waals surface area (Å²) in [5.41, 5.74) is 2.54. The lowest BCUT2D eigenvalue weighted by atomic mass is 9.92. The van der Waals surface area contributed by atoms with Crippen molar-refractivity contribution >= 4 is 0 Å². The Bertz CT molecular complexity index is 600. The van der Waals surface area contributed by atoms with Crippen molar-refractivity contribution in [3.8, 4) is 0 Å². The number of benzene rings is 2. The first-order valence-electron chi connectivity index (χ1n) is 6.12. The Morgan fingerprint density at radius 2 is 1.42 bits per heavy atom. The van der Waals surface area contributed by atoms with Crippen LogP contribution in [0.5, 0.6) is 0 Å². The molecule has 100 valence electrons. The second kappa shape index (κ2) is 5.10. The fourth-order valence-electron chi connectivity index (χ4n) is 2.29. The molecule has 2 aromatic rings. The van der Waals surface area contributed by atoms with E-state index in [-0.39, 0.29) is 11.1 Å². The van der Waals surface area contributed by atoms with Gasteiger partial charge in [-0.15, -0.1) is 0 Å². The maximum absolute atomic E-state index is 13.9. The fourth-order valence-corrected chi connectivity index (χ4v) is 2.29. The first-order valence-corrected chi connectivity index (χ1v) is 6.12. The minimum atomic E-state index is -1.16. The van der Waals surface area contributed by atoms with E-state index in [1.54, 1.807) is 0 Å². The van der Waals surface area contributed by atoms with Crippen LogP contribution in [0.25, 0.3) is 0 Å². The van der Waals surface area contributed by atoms with E-state index in [1.807, 2.05) is 32.0 Å². The third kappa shape index (κ3) is 2.38. The van der Waals surface area contributed by atoms with Crippen LogP contribution in [-0.2, 0) is 0 Å². The molecular formula is C16H16F2O. The van der Waals surface area contributed by atoms with Crippen LogP contribution < -0.4 is 0 Å². The molecular weight excluding hydrogens is 246 g/mol. The van der Waals surface area contributed by atoms with Crippen LogP contribution in [0.15, 0.2) is 30.3 Å². The highest BCUT2D eigenvalue weighted by atomic mass is 19.2. The van der Waals surface area contributed by atoms with Crippen LogP contribution in [0.4, 0.5) is 8.78 Å². The molecule has 0 saturated carbocycles. The number of hydrogen-bond acceptors (Lipinski definition) is 1. The van der Waals surface area contributed by atoms with Gasteiger partial charge < -0.3 is 5.11 Å². The van der Waals surface area contributed by atoms with Crippen LogP contribution in [0.3, 0.4) is 0 Å². The van der Waals surface area contributed by atoms with Crippen LogP contribution >= 0.6 is 0 Å². The molecule has 0 aliphatic heterocycles. The van der Waals surface area contributed by atoms with E-state index in [0.717, 1.165) is 11.1 Å². The largest absolute Gasteiger partial charge is 0.384 e. The fraction of sp³-hybridized carbons (Fsp3) is 0.250. The third-order valence-electron chi connectivity index (χ3n) is 3.42. The Labute approximate surface area is 111 Å². The topological polar surface area (TPSA) is 20.2 Å². The Hall–Kier alpha value is -1.74. The molecule has 1 N–H and O–H groups in total. The average molecular weight is 262 g/mol. The zero-order chi connectivity index (χ0) is 14.2. The van der Waals surface area contributed by atoms with Gasteiger partial charge in [0.05, 0.1) is 0 Å². The summed E-state index contributed by atoms with van der Waals surface area (Å²) < 4.78 is 27.5. The van der Waals surface area contributed by atoms with E-state index in [0.29, 0.717) is 5.56 Å². The highest BCUT2D eigenvalue weighted by Gasteiger charge is 2.21. The Balaban J connectivity index is 2.57. The summed E-state index contributed by atoms with van der Waals surface area (Å²) in [5, 5.41) is 10.3. The summed E-state index contributed by atoms with van der Waals surface area (Å²) in [7, 11) is 0. The van der Waals surface area contributed by atoms with Gasteiger partial charge in [0.2, 0.25) is 0 Å². The van der Waals surface area contributed by atoms with Crippen LogP contribution in [0.1, 0.15) is 33.9 Å². The SMILES string of the molecule is Cc1ccc(C(O)c2c(C)cccc2C)c(F)c1F. The van der Waals surface area contributed by atoms with Crippen LogP contribution in [-0.4, -0.2) is 5.11 Å². The van der Waals surface area contributed by atoms with E-state index >= 15 is 0 Å². The van der Waals surface area contributed by atoms with Crippen molar-refractivity contribution in [3.05, 3.63) is 69.8 Å². The molecule has 0 aliphatic carbocycles. The Kier molecular flexibility index (Phi) is 3.67. The molecule has 1 nitrogen and oxygen atoms in total. The smallest absolute Gasteiger partial charge is 0.165 e. The van der Waals surface area contributed by atoms with Crippen molar-refractivity contribution in [3.63, 3.8) is 0 Å².